The van der Waals surface area contributed by atoms with Crippen LogP contribution < -0.4 is 5.32 Å². The molecule has 1 unspecified atom stereocenters. The van der Waals surface area contributed by atoms with E-state index in [1.54, 1.807) is 0 Å². The molecule has 2 rings (SSSR count). The Morgan fingerprint density at radius 1 is 1.37 bits per heavy atom. The maximum Gasteiger partial charge on any atom is 0.101 e. The van der Waals surface area contributed by atoms with Crippen molar-refractivity contribution in [3.63, 3.8) is 0 Å². The molecule has 0 aliphatic carbocycles. The first-order valence-electron chi connectivity index (χ1n) is 6.74. The lowest BCUT2D eigenvalue weighted by Crippen LogP contribution is -2.52. The molecule has 0 bridgehead atoms. The number of likely N-dealkylation sites (N-methyl/N-ethyl adjacent to an activating group) is 2. The second-order valence-corrected chi connectivity index (χ2v) is 5.39. The van der Waals surface area contributed by atoms with Gasteiger partial charge < -0.3 is 10.2 Å². The van der Waals surface area contributed by atoms with Crippen LogP contribution in [0.2, 0.25) is 0 Å². The minimum absolute atomic E-state index is 0.491. The van der Waals surface area contributed by atoms with E-state index >= 15 is 0 Å². The van der Waals surface area contributed by atoms with Crippen molar-refractivity contribution in [1.82, 2.24) is 9.80 Å². The summed E-state index contributed by atoms with van der Waals surface area (Å²) in [5.74, 6) is 0. The molecule has 4 heteroatoms. The zero-order chi connectivity index (χ0) is 13.8. The van der Waals surface area contributed by atoms with E-state index in [1.165, 1.54) is 0 Å². The highest BCUT2D eigenvalue weighted by molar-refractivity contribution is 5.62. The number of anilines is 1. The van der Waals surface area contributed by atoms with E-state index in [9.17, 15) is 0 Å². The number of nitrogens with zero attached hydrogens (tertiary/aromatic N) is 3. The van der Waals surface area contributed by atoms with Crippen molar-refractivity contribution in [3.05, 3.63) is 29.3 Å². The van der Waals surface area contributed by atoms with Gasteiger partial charge in [0.1, 0.15) is 6.07 Å². The number of hydrogen-bond donors (Lipinski definition) is 1. The molecule has 1 aromatic carbocycles. The Hall–Kier alpha value is -1.57. The second kappa shape index (κ2) is 6.05. The standard InChI is InChI=1S/C15H22N4/c1-12-5-4-6-13(9-16)15(12)17-10-14-11-18(2)7-8-19(14)3/h4-6,14,17H,7-8,10-11H2,1-3H3. The van der Waals surface area contributed by atoms with Gasteiger partial charge in [0.2, 0.25) is 0 Å². The summed E-state index contributed by atoms with van der Waals surface area (Å²) >= 11 is 0. The smallest absolute Gasteiger partial charge is 0.101 e. The molecule has 102 valence electrons. The number of nitrogens with one attached hydrogen (secondary N) is 1. The Morgan fingerprint density at radius 3 is 2.89 bits per heavy atom. The molecule has 1 aromatic rings. The molecule has 1 aliphatic heterocycles. The summed E-state index contributed by atoms with van der Waals surface area (Å²) < 4.78 is 0. The molecular formula is C15H22N4. The van der Waals surface area contributed by atoms with E-state index < -0.39 is 0 Å². The Balaban J connectivity index is 2.04. The topological polar surface area (TPSA) is 42.3 Å². The molecule has 1 heterocycles. The number of benzene rings is 1. The van der Waals surface area contributed by atoms with Crippen LogP contribution in [-0.2, 0) is 0 Å². The first kappa shape index (κ1) is 13.9. The molecular weight excluding hydrogens is 236 g/mol. The molecule has 0 radical (unpaired) electrons. The van der Waals surface area contributed by atoms with Crippen molar-refractivity contribution >= 4 is 5.69 Å². The summed E-state index contributed by atoms with van der Waals surface area (Å²) in [6, 6.07) is 8.59. The fraction of sp³-hybridized carbons (Fsp3) is 0.533. The molecule has 19 heavy (non-hydrogen) atoms. The summed E-state index contributed by atoms with van der Waals surface area (Å²) in [6.07, 6.45) is 0. The lowest BCUT2D eigenvalue weighted by molar-refractivity contribution is 0.122. The van der Waals surface area contributed by atoms with E-state index in [2.05, 4.69) is 35.3 Å². The number of nitriles is 1. The normalized spacial score (nSPS) is 21.1. The van der Waals surface area contributed by atoms with Crippen LogP contribution in [0.15, 0.2) is 18.2 Å². The van der Waals surface area contributed by atoms with Gasteiger partial charge in [-0.05, 0) is 32.6 Å². The highest BCUT2D eigenvalue weighted by atomic mass is 15.3. The molecule has 0 amide bonds. The highest BCUT2D eigenvalue weighted by Crippen LogP contribution is 2.20. The second-order valence-electron chi connectivity index (χ2n) is 5.39. The molecule has 4 nitrogen and oxygen atoms in total. The number of rotatable bonds is 3. The zero-order valence-electron chi connectivity index (χ0n) is 12.0. The Labute approximate surface area is 115 Å². The molecule has 0 spiro atoms. The number of hydrogen-bond acceptors (Lipinski definition) is 4. The van der Waals surface area contributed by atoms with Crippen LogP contribution in [0.5, 0.6) is 0 Å². The number of para-hydroxylation sites is 1. The summed E-state index contributed by atoms with van der Waals surface area (Å²) in [5.41, 5.74) is 2.84. The van der Waals surface area contributed by atoms with Gasteiger partial charge in [-0.3, -0.25) is 4.90 Å². The summed E-state index contributed by atoms with van der Waals surface area (Å²) in [4.78, 5) is 4.74. The van der Waals surface area contributed by atoms with E-state index in [4.69, 9.17) is 5.26 Å². The maximum atomic E-state index is 9.17. The van der Waals surface area contributed by atoms with E-state index in [-0.39, 0.29) is 0 Å². The van der Waals surface area contributed by atoms with Gasteiger partial charge in [0.15, 0.2) is 0 Å². The zero-order valence-corrected chi connectivity index (χ0v) is 12.0. The van der Waals surface area contributed by atoms with Crippen LogP contribution in [0.3, 0.4) is 0 Å². The summed E-state index contributed by atoms with van der Waals surface area (Å²) in [7, 11) is 4.33. The van der Waals surface area contributed by atoms with Crippen molar-refractivity contribution in [2.75, 3.05) is 45.6 Å². The minimum Gasteiger partial charge on any atom is -0.382 e. The van der Waals surface area contributed by atoms with Crippen molar-refractivity contribution < 1.29 is 0 Å². The van der Waals surface area contributed by atoms with Crippen LogP contribution in [0.4, 0.5) is 5.69 Å². The van der Waals surface area contributed by atoms with Crippen LogP contribution in [0.25, 0.3) is 0 Å². The van der Waals surface area contributed by atoms with Crippen LogP contribution in [-0.4, -0.2) is 56.1 Å². The minimum atomic E-state index is 0.491. The average Bonchev–Trinajstić information content (AvgIpc) is 2.40. The predicted octanol–water partition coefficient (Wildman–Crippen LogP) is 1.52. The molecule has 1 aliphatic rings. The Bertz CT molecular complexity index is 478. The Kier molecular flexibility index (Phi) is 4.41. The fourth-order valence-corrected chi connectivity index (χ4v) is 2.54. The lowest BCUT2D eigenvalue weighted by atomic mass is 10.1. The average molecular weight is 258 g/mol. The molecule has 0 saturated carbocycles. The molecule has 1 saturated heterocycles. The summed E-state index contributed by atoms with van der Waals surface area (Å²) in [5, 5.41) is 12.6. The third kappa shape index (κ3) is 3.25. The van der Waals surface area contributed by atoms with Gasteiger partial charge >= 0.3 is 0 Å². The van der Waals surface area contributed by atoms with Gasteiger partial charge in [-0.25, -0.2) is 0 Å². The summed E-state index contributed by atoms with van der Waals surface area (Å²) in [6.45, 7) is 6.21. The quantitative estimate of drug-likeness (QED) is 0.892. The monoisotopic (exact) mass is 258 g/mol. The number of piperazine rings is 1. The van der Waals surface area contributed by atoms with Gasteiger partial charge in [0, 0.05) is 32.2 Å². The van der Waals surface area contributed by atoms with Crippen molar-refractivity contribution in [1.29, 1.82) is 5.26 Å². The van der Waals surface area contributed by atoms with Crippen LogP contribution >= 0.6 is 0 Å². The van der Waals surface area contributed by atoms with E-state index in [0.29, 0.717) is 6.04 Å². The van der Waals surface area contributed by atoms with Crippen molar-refractivity contribution in [2.24, 2.45) is 0 Å². The lowest BCUT2D eigenvalue weighted by Gasteiger charge is -2.38. The first-order chi connectivity index (χ1) is 9.11. The van der Waals surface area contributed by atoms with Crippen molar-refractivity contribution in [3.8, 4) is 6.07 Å². The van der Waals surface area contributed by atoms with E-state index in [1.807, 2.05) is 25.1 Å². The molecule has 0 aromatic heterocycles. The van der Waals surface area contributed by atoms with Crippen LogP contribution in [0, 0.1) is 18.3 Å². The van der Waals surface area contributed by atoms with Crippen LogP contribution in [0.1, 0.15) is 11.1 Å². The van der Waals surface area contributed by atoms with Gasteiger partial charge in [-0.1, -0.05) is 12.1 Å². The predicted molar refractivity (Wildman–Crippen MR) is 78.3 cm³/mol. The Morgan fingerprint density at radius 2 is 2.16 bits per heavy atom. The van der Waals surface area contributed by atoms with Crippen molar-refractivity contribution in [2.45, 2.75) is 13.0 Å². The van der Waals surface area contributed by atoms with Gasteiger partial charge in [0.25, 0.3) is 0 Å². The maximum absolute atomic E-state index is 9.17. The first-order valence-corrected chi connectivity index (χ1v) is 6.74. The third-order valence-corrected chi connectivity index (χ3v) is 3.89. The molecule has 1 N–H and O–H groups in total. The van der Waals surface area contributed by atoms with Gasteiger partial charge in [-0.15, -0.1) is 0 Å². The molecule has 1 atom stereocenters. The molecule has 1 fully saturated rings. The largest absolute Gasteiger partial charge is 0.382 e. The van der Waals surface area contributed by atoms with Gasteiger partial charge in [0.05, 0.1) is 11.3 Å². The SMILES string of the molecule is Cc1cccc(C#N)c1NCC1CN(C)CCN1C. The highest BCUT2D eigenvalue weighted by Gasteiger charge is 2.22. The van der Waals surface area contributed by atoms with E-state index in [0.717, 1.165) is 43.0 Å². The third-order valence-electron chi connectivity index (χ3n) is 3.89. The van der Waals surface area contributed by atoms with Gasteiger partial charge in [-0.2, -0.15) is 5.26 Å². The number of aryl methyl sites for hydroxylation is 1. The fourth-order valence-electron chi connectivity index (χ4n) is 2.54.